The molecule has 2 N–H and O–H groups in total. The summed E-state index contributed by atoms with van der Waals surface area (Å²) in [6.07, 6.45) is 0. The maximum Gasteiger partial charge on any atom is 0.249 e. The van der Waals surface area contributed by atoms with Crippen LogP contribution in [0.25, 0.3) is 0 Å². The molecule has 2 heteroatoms. The fourth-order valence-corrected chi connectivity index (χ4v) is 1.95. The maximum atomic E-state index is 11.6. The molecule has 1 aromatic carbocycles. The second kappa shape index (κ2) is 4.28. The number of primary amides is 1. The fraction of sp³-hybridized carbons (Fsp3) is 0.500. The van der Waals surface area contributed by atoms with E-state index in [1.165, 1.54) is 0 Å². The Labute approximate surface area is 97.9 Å². The first-order valence-corrected chi connectivity index (χ1v) is 5.68. The fourth-order valence-electron chi connectivity index (χ4n) is 1.95. The lowest BCUT2D eigenvalue weighted by Crippen LogP contribution is -2.23. The van der Waals surface area contributed by atoms with Crippen LogP contribution in [-0.2, 0) is 5.41 Å². The van der Waals surface area contributed by atoms with Crippen LogP contribution in [-0.4, -0.2) is 5.91 Å². The minimum Gasteiger partial charge on any atom is -0.366 e. The van der Waals surface area contributed by atoms with Gasteiger partial charge in [0, 0.05) is 5.56 Å². The molecule has 1 amide bonds. The van der Waals surface area contributed by atoms with Crippen molar-refractivity contribution < 1.29 is 4.79 Å². The summed E-state index contributed by atoms with van der Waals surface area (Å²) in [5.74, 6) is -0.0148. The Hall–Kier alpha value is -1.31. The van der Waals surface area contributed by atoms with Crippen molar-refractivity contribution in [3.8, 4) is 0 Å². The lowest BCUT2D eigenvalue weighted by atomic mass is 9.80. The minimum atomic E-state index is -0.325. The molecule has 0 saturated carbocycles. The standard InChI is InChI=1S/C14H21NO/c1-9(2)10-7-6-8-11(14(3,4)5)12(10)13(15)16/h6-9H,1-5H3,(H2,15,16). The zero-order valence-corrected chi connectivity index (χ0v) is 10.8. The van der Waals surface area contributed by atoms with Crippen molar-refractivity contribution >= 4 is 5.91 Å². The third-order valence-corrected chi connectivity index (χ3v) is 2.77. The molecule has 0 atom stereocenters. The lowest BCUT2D eigenvalue weighted by molar-refractivity contribution is 0.0997. The van der Waals surface area contributed by atoms with Gasteiger partial charge in [-0.05, 0) is 22.5 Å². The molecule has 1 aromatic rings. The first-order valence-electron chi connectivity index (χ1n) is 5.68. The van der Waals surface area contributed by atoms with E-state index in [9.17, 15) is 4.79 Å². The quantitative estimate of drug-likeness (QED) is 0.815. The number of amides is 1. The summed E-state index contributed by atoms with van der Waals surface area (Å²) in [7, 11) is 0. The minimum absolute atomic E-state index is 0.0603. The molecule has 0 unspecified atom stereocenters. The Bertz CT molecular complexity index is 400. The Morgan fingerprint density at radius 1 is 1.25 bits per heavy atom. The van der Waals surface area contributed by atoms with E-state index in [0.717, 1.165) is 11.1 Å². The second-order valence-electron chi connectivity index (χ2n) is 5.54. The molecule has 2 nitrogen and oxygen atoms in total. The summed E-state index contributed by atoms with van der Waals surface area (Å²) >= 11 is 0. The third-order valence-electron chi connectivity index (χ3n) is 2.77. The number of rotatable bonds is 2. The van der Waals surface area contributed by atoms with E-state index in [-0.39, 0.29) is 11.3 Å². The van der Waals surface area contributed by atoms with Crippen LogP contribution in [0.4, 0.5) is 0 Å². The highest BCUT2D eigenvalue weighted by molar-refractivity contribution is 5.96. The van der Waals surface area contributed by atoms with Gasteiger partial charge < -0.3 is 5.73 Å². The van der Waals surface area contributed by atoms with Crippen LogP contribution >= 0.6 is 0 Å². The average molecular weight is 219 g/mol. The van der Waals surface area contributed by atoms with Crippen LogP contribution in [0.15, 0.2) is 18.2 Å². The van der Waals surface area contributed by atoms with Crippen LogP contribution in [0.3, 0.4) is 0 Å². The smallest absolute Gasteiger partial charge is 0.249 e. The summed E-state index contributed by atoms with van der Waals surface area (Å²) in [4.78, 5) is 11.6. The van der Waals surface area contributed by atoms with Crippen LogP contribution in [0.1, 0.15) is 62.0 Å². The number of benzene rings is 1. The van der Waals surface area contributed by atoms with Crippen molar-refractivity contribution in [3.05, 3.63) is 34.9 Å². The third kappa shape index (κ3) is 2.43. The highest BCUT2D eigenvalue weighted by Crippen LogP contribution is 2.30. The molecule has 0 radical (unpaired) electrons. The molecule has 0 fully saturated rings. The first kappa shape index (κ1) is 12.8. The van der Waals surface area contributed by atoms with Crippen molar-refractivity contribution in [2.45, 2.75) is 46.0 Å². The van der Waals surface area contributed by atoms with Crippen LogP contribution in [0.5, 0.6) is 0 Å². The van der Waals surface area contributed by atoms with Gasteiger partial charge in [-0.1, -0.05) is 52.8 Å². The molecule has 0 bridgehead atoms. The Kier molecular flexibility index (Phi) is 3.41. The molecule has 0 aliphatic carbocycles. The Morgan fingerprint density at radius 3 is 2.19 bits per heavy atom. The van der Waals surface area contributed by atoms with E-state index >= 15 is 0 Å². The molecule has 0 aromatic heterocycles. The molecule has 0 heterocycles. The summed E-state index contributed by atoms with van der Waals surface area (Å²) in [6, 6.07) is 5.98. The highest BCUT2D eigenvalue weighted by atomic mass is 16.1. The predicted octanol–water partition coefficient (Wildman–Crippen LogP) is 3.21. The number of nitrogens with two attached hydrogens (primary N) is 1. The Morgan fingerprint density at radius 2 is 1.81 bits per heavy atom. The number of carbonyl (C=O) groups excluding carboxylic acids is 1. The van der Waals surface area contributed by atoms with E-state index in [1.807, 2.05) is 18.2 Å². The van der Waals surface area contributed by atoms with Gasteiger partial charge in [-0.3, -0.25) is 4.79 Å². The summed E-state index contributed by atoms with van der Waals surface area (Å²) in [5, 5.41) is 0. The summed E-state index contributed by atoms with van der Waals surface area (Å²) in [5.41, 5.74) is 8.22. The van der Waals surface area contributed by atoms with Gasteiger partial charge >= 0.3 is 0 Å². The van der Waals surface area contributed by atoms with Gasteiger partial charge in [0.05, 0.1) is 0 Å². The van der Waals surface area contributed by atoms with Gasteiger partial charge in [0.15, 0.2) is 0 Å². The van der Waals surface area contributed by atoms with E-state index in [0.29, 0.717) is 11.5 Å². The number of hydrogen-bond donors (Lipinski definition) is 1. The van der Waals surface area contributed by atoms with Crippen LogP contribution in [0.2, 0.25) is 0 Å². The van der Waals surface area contributed by atoms with E-state index < -0.39 is 0 Å². The molecule has 88 valence electrons. The van der Waals surface area contributed by atoms with Crippen molar-refractivity contribution in [2.24, 2.45) is 5.73 Å². The average Bonchev–Trinajstić information content (AvgIpc) is 2.14. The highest BCUT2D eigenvalue weighted by Gasteiger charge is 2.23. The summed E-state index contributed by atoms with van der Waals surface area (Å²) in [6.45, 7) is 10.4. The van der Waals surface area contributed by atoms with E-state index in [4.69, 9.17) is 5.73 Å². The van der Waals surface area contributed by atoms with E-state index in [2.05, 4.69) is 34.6 Å². The largest absolute Gasteiger partial charge is 0.366 e. The zero-order valence-electron chi connectivity index (χ0n) is 10.8. The molecule has 16 heavy (non-hydrogen) atoms. The normalized spacial score (nSPS) is 11.9. The van der Waals surface area contributed by atoms with Crippen molar-refractivity contribution in [3.63, 3.8) is 0 Å². The van der Waals surface area contributed by atoms with Gasteiger partial charge in [0.1, 0.15) is 0 Å². The van der Waals surface area contributed by atoms with Crippen molar-refractivity contribution in [1.29, 1.82) is 0 Å². The predicted molar refractivity (Wildman–Crippen MR) is 67.7 cm³/mol. The topological polar surface area (TPSA) is 43.1 Å². The molecule has 0 saturated heterocycles. The monoisotopic (exact) mass is 219 g/mol. The second-order valence-corrected chi connectivity index (χ2v) is 5.54. The molecule has 0 spiro atoms. The van der Waals surface area contributed by atoms with Gasteiger partial charge in [-0.2, -0.15) is 0 Å². The molecule has 1 rings (SSSR count). The lowest BCUT2D eigenvalue weighted by Gasteiger charge is -2.24. The molecular formula is C14H21NO. The van der Waals surface area contributed by atoms with Crippen LogP contribution in [0, 0.1) is 0 Å². The number of hydrogen-bond acceptors (Lipinski definition) is 1. The Balaban J connectivity index is 3.52. The molecular weight excluding hydrogens is 198 g/mol. The first-order chi connectivity index (χ1) is 7.25. The van der Waals surface area contributed by atoms with Gasteiger partial charge in [0.2, 0.25) is 5.91 Å². The number of carbonyl (C=O) groups is 1. The molecule has 0 aliphatic rings. The van der Waals surface area contributed by atoms with Crippen LogP contribution < -0.4 is 5.73 Å². The summed E-state index contributed by atoms with van der Waals surface area (Å²) < 4.78 is 0. The van der Waals surface area contributed by atoms with Gasteiger partial charge in [-0.15, -0.1) is 0 Å². The van der Waals surface area contributed by atoms with Gasteiger partial charge in [0.25, 0.3) is 0 Å². The van der Waals surface area contributed by atoms with Gasteiger partial charge in [-0.25, -0.2) is 0 Å². The van der Waals surface area contributed by atoms with Crippen molar-refractivity contribution in [1.82, 2.24) is 0 Å². The van der Waals surface area contributed by atoms with Crippen molar-refractivity contribution in [2.75, 3.05) is 0 Å². The SMILES string of the molecule is CC(C)c1cccc(C(C)(C)C)c1C(N)=O. The molecule has 0 aliphatic heterocycles. The maximum absolute atomic E-state index is 11.6. The zero-order chi connectivity index (χ0) is 12.5. The van der Waals surface area contributed by atoms with E-state index in [1.54, 1.807) is 0 Å².